The molecular formula is C16H27FN2. The van der Waals surface area contributed by atoms with E-state index in [2.05, 4.69) is 31.1 Å². The highest BCUT2D eigenvalue weighted by Crippen LogP contribution is 2.10. The Morgan fingerprint density at radius 1 is 1.21 bits per heavy atom. The van der Waals surface area contributed by atoms with Crippen LogP contribution in [0.1, 0.15) is 38.7 Å². The third-order valence-corrected chi connectivity index (χ3v) is 3.50. The van der Waals surface area contributed by atoms with Crippen molar-refractivity contribution in [2.45, 2.75) is 45.7 Å². The maximum absolute atomic E-state index is 12.8. The van der Waals surface area contributed by atoms with Crippen LogP contribution in [0.5, 0.6) is 0 Å². The van der Waals surface area contributed by atoms with E-state index >= 15 is 0 Å². The molecule has 108 valence electrons. The summed E-state index contributed by atoms with van der Waals surface area (Å²) in [5.74, 6) is -0.165. The molecule has 1 N–H and O–H groups in total. The van der Waals surface area contributed by atoms with Crippen LogP contribution < -0.4 is 5.32 Å². The first-order chi connectivity index (χ1) is 9.13. The van der Waals surface area contributed by atoms with E-state index in [1.54, 1.807) is 0 Å². The summed E-state index contributed by atoms with van der Waals surface area (Å²) in [4.78, 5) is 2.33. The van der Waals surface area contributed by atoms with E-state index in [4.69, 9.17) is 0 Å². The van der Waals surface area contributed by atoms with Crippen molar-refractivity contribution < 1.29 is 4.39 Å². The van der Waals surface area contributed by atoms with E-state index < -0.39 is 0 Å². The van der Waals surface area contributed by atoms with Gasteiger partial charge in [0.2, 0.25) is 0 Å². The quantitative estimate of drug-likeness (QED) is 0.689. The van der Waals surface area contributed by atoms with Gasteiger partial charge >= 0.3 is 0 Å². The Labute approximate surface area is 117 Å². The molecule has 0 aliphatic rings. The Bertz CT molecular complexity index is 337. The van der Waals surface area contributed by atoms with Gasteiger partial charge in [-0.15, -0.1) is 0 Å². The minimum Gasteiger partial charge on any atom is -0.317 e. The van der Waals surface area contributed by atoms with Crippen LogP contribution in [-0.2, 0) is 6.54 Å². The van der Waals surface area contributed by atoms with Crippen LogP contribution in [-0.4, -0.2) is 31.1 Å². The predicted molar refractivity (Wildman–Crippen MR) is 79.7 cm³/mol. The second-order valence-corrected chi connectivity index (χ2v) is 5.28. The van der Waals surface area contributed by atoms with E-state index in [0.29, 0.717) is 6.04 Å². The number of hydrogen-bond acceptors (Lipinski definition) is 2. The van der Waals surface area contributed by atoms with Crippen molar-refractivity contribution >= 4 is 0 Å². The lowest BCUT2D eigenvalue weighted by Crippen LogP contribution is -2.29. The van der Waals surface area contributed by atoms with Crippen LogP contribution >= 0.6 is 0 Å². The molecule has 3 heteroatoms. The van der Waals surface area contributed by atoms with Gasteiger partial charge in [-0.2, -0.15) is 0 Å². The molecule has 1 aromatic rings. The molecule has 0 saturated heterocycles. The molecule has 1 aromatic carbocycles. The zero-order valence-corrected chi connectivity index (χ0v) is 12.5. The number of nitrogens with zero attached hydrogens (tertiary/aromatic N) is 1. The summed E-state index contributed by atoms with van der Waals surface area (Å²) < 4.78 is 12.8. The fourth-order valence-corrected chi connectivity index (χ4v) is 2.08. The van der Waals surface area contributed by atoms with Gasteiger partial charge in [0, 0.05) is 12.6 Å². The third kappa shape index (κ3) is 6.69. The van der Waals surface area contributed by atoms with E-state index in [9.17, 15) is 4.39 Å². The summed E-state index contributed by atoms with van der Waals surface area (Å²) >= 11 is 0. The fourth-order valence-electron chi connectivity index (χ4n) is 2.08. The molecule has 19 heavy (non-hydrogen) atoms. The van der Waals surface area contributed by atoms with Crippen LogP contribution in [0, 0.1) is 5.82 Å². The van der Waals surface area contributed by atoms with Crippen LogP contribution in [0.25, 0.3) is 0 Å². The van der Waals surface area contributed by atoms with Gasteiger partial charge in [-0.3, -0.25) is 4.90 Å². The molecule has 0 aromatic heterocycles. The molecule has 0 bridgehead atoms. The predicted octanol–water partition coefficient (Wildman–Crippen LogP) is 3.43. The van der Waals surface area contributed by atoms with Crippen molar-refractivity contribution in [2.75, 3.05) is 20.1 Å². The minimum atomic E-state index is -0.165. The summed E-state index contributed by atoms with van der Waals surface area (Å²) in [5.41, 5.74) is 1.17. The van der Waals surface area contributed by atoms with E-state index in [1.165, 1.54) is 37.0 Å². The highest BCUT2D eigenvalue weighted by atomic mass is 19.1. The molecule has 0 saturated carbocycles. The monoisotopic (exact) mass is 266 g/mol. The molecule has 2 nitrogen and oxygen atoms in total. The van der Waals surface area contributed by atoms with E-state index in [0.717, 1.165) is 19.6 Å². The van der Waals surface area contributed by atoms with Crippen molar-refractivity contribution in [1.29, 1.82) is 0 Å². The topological polar surface area (TPSA) is 15.3 Å². The SMILES string of the molecule is CCCNCCCC(C)N(C)Cc1ccc(F)cc1. The molecule has 1 atom stereocenters. The Morgan fingerprint density at radius 3 is 2.53 bits per heavy atom. The molecule has 1 unspecified atom stereocenters. The standard InChI is InChI=1S/C16H27FN2/c1-4-11-18-12-5-6-14(2)19(3)13-15-7-9-16(17)10-8-15/h7-10,14,18H,4-6,11-13H2,1-3H3. The second-order valence-electron chi connectivity index (χ2n) is 5.28. The Morgan fingerprint density at radius 2 is 1.89 bits per heavy atom. The van der Waals surface area contributed by atoms with Crippen molar-refractivity contribution in [3.63, 3.8) is 0 Å². The van der Waals surface area contributed by atoms with E-state index in [-0.39, 0.29) is 5.82 Å². The van der Waals surface area contributed by atoms with Gasteiger partial charge in [0.25, 0.3) is 0 Å². The molecule has 1 rings (SSSR count). The van der Waals surface area contributed by atoms with Crippen molar-refractivity contribution in [3.05, 3.63) is 35.6 Å². The second kappa shape index (κ2) is 9.05. The average molecular weight is 266 g/mol. The fraction of sp³-hybridized carbons (Fsp3) is 0.625. The first-order valence-electron chi connectivity index (χ1n) is 7.29. The van der Waals surface area contributed by atoms with Crippen molar-refractivity contribution in [1.82, 2.24) is 10.2 Å². The number of nitrogens with one attached hydrogen (secondary N) is 1. The lowest BCUT2D eigenvalue weighted by Gasteiger charge is -2.24. The Balaban J connectivity index is 2.24. The molecule has 0 amide bonds. The number of hydrogen-bond donors (Lipinski definition) is 1. The molecule has 0 heterocycles. The minimum absolute atomic E-state index is 0.165. The lowest BCUT2D eigenvalue weighted by molar-refractivity contribution is 0.234. The van der Waals surface area contributed by atoms with Gasteiger partial charge in [0.05, 0.1) is 0 Å². The number of benzene rings is 1. The van der Waals surface area contributed by atoms with Crippen LogP contribution in [0.4, 0.5) is 4.39 Å². The summed E-state index contributed by atoms with van der Waals surface area (Å²) in [6.45, 7) is 7.53. The highest BCUT2D eigenvalue weighted by Gasteiger charge is 2.09. The van der Waals surface area contributed by atoms with Crippen molar-refractivity contribution in [2.24, 2.45) is 0 Å². The van der Waals surface area contributed by atoms with Gasteiger partial charge in [-0.25, -0.2) is 4.39 Å². The molecule has 0 fully saturated rings. The molecule has 0 aliphatic heterocycles. The van der Waals surface area contributed by atoms with Crippen LogP contribution in [0.3, 0.4) is 0 Å². The van der Waals surface area contributed by atoms with Crippen LogP contribution in [0.15, 0.2) is 24.3 Å². The van der Waals surface area contributed by atoms with Crippen LogP contribution in [0.2, 0.25) is 0 Å². The summed E-state index contributed by atoms with van der Waals surface area (Å²) in [6, 6.07) is 7.33. The van der Waals surface area contributed by atoms with Gasteiger partial charge in [-0.05, 0) is 64.0 Å². The highest BCUT2D eigenvalue weighted by molar-refractivity contribution is 5.15. The van der Waals surface area contributed by atoms with Crippen molar-refractivity contribution in [3.8, 4) is 0 Å². The molecule has 0 spiro atoms. The van der Waals surface area contributed by atoms with Gasteiger partial charge in [0.1, 0.15) is 5.82 Å². The number of halogens is 1. The number of rotatable bonds is 9. The first kappa shape index (κ1) is 16.1. The largest absolute Gasteiger partial charge is 0.317 e. The Kier molecular flexibility index (Phi) is 7.68. The summed E-state index contributed by atoms with van der Waals surface area (Å²) in [7, 11) is 2.13. The summed E-state index contributed by atoms with van der Waals surface area (Å²) in [6.07, 6.45) is 3.59. The molecular weight excluding hydrogens is 239 g/mol. The zero-order valence-electron chi connectivity index (χ0n) is 12.5. The molecule has 0 aliphatic carbocycles. The normalized spacial score (nSPS) is 12.9. The Hall–Kier alpha value is -0.930. The maximum atomic E-state index is 12.8. The smallest absolute Gasteiger partial charge is 0.123 e. The average Bonchev–Trinajstić information content (AvgIpc) is 2.41. The maximum Gasteiger partial charge on any atom is 0.123 e. The molecule has 0 radical (unpaired) electrons. The summed E-state index contributed by atoms with van der Waals surface area (Å²) in [5, 5.41) is 3.43. The van der Waals surface area contributed by atoms with Gasteiger partial charge in [-0.1, -0.05) is 19.1 Å². The lowest BCUT2D eigenvalue weighted by atomic mass is 10.1. The zero-order chi connectivity index (χ0) is 14.1. The van der Waals surface area contributed by atoms with E-state index in [1.807, 2.05) is 12.1 Å². The third-order valence-electron chi connectivity index (χ3n) is 3.50. The van der Waals surface area contributed by atoms with Gasteiger partial charge in [0.15, 0.2) is 0 Å². The first-order valence-corrected chi connectivity index (χ1v) is 7.29. The van der Waals surface area contributed by atoms with Gasteiger partial charge < -0.3 is 5.32 Å².